The Morgan fingerprint density at radius 3 is 2.00 bits per heavy atom. The van der Waals surface area contributed by atoms with E-state index in [0.717, 1.165) is 33.6 Å². The Morgan fingerprint density at radius 2 is 1.13 bits per heavy atom. The van der Waals surface area contributed by atoms with Crippen LogP contribution in [-0.4, -0.2) is 0 Å². The molecule has 0 amide bonds. The summed E-state index contributed by atoms with van der Waals surface area (Å²) in [7, 11) is 0. The van der Waals surface area contributed by atoms with Gasteiger partial charge in [-0.2, -0.15) is 0 Å². The van der Waals surface area contributed by atoms with Crippen molar-refractivity contribution in [3.05, 3.63) is 164 Å². The Hall–Kier alpha value is -5.90. The molecule has 0 radical (unpaired) electrons. The molecule has 0 saturated heterocycles. The second-order valence-electron chi connectivity index (χ2n) is 12.1. The quantitative estimate of drug-likeness (QED) is 0.195. The normalized spacial score (nSPS) is 11.8. The van der Waals surface area contributed by atoms with Crippen LogP contribution in [0, 0.1) is 0 Å². The highest BCUT2D eigenvalue weighted by Crippen LogP contribution is 2.48. The number of hydrogen-bond acceptors (Lipinski definition) is 3. The zero-order valence-electron chi connectivity index (χ0n) is 25.4. The molecule has 0 atom stereocenters. The Balaban J connectivity index is 1.20. The molecule has 2 nitrogen and oxygen atoms in total. The largest absolute Gasteiger partial charge is 0.456 e. The molecule has 8 aromatic carbocycles. The van der Waals surface area contributed by atoms with Gasteiger partial charge in [0.05, 0.1) is 11.1 Å². The molecule has 0 aliphatic carbocycles. The number of nitrogens with zero attached hydrogens (tertiary/aromatic N) is 1. The first-order valence-corrected chi connectivity index (χ1v) is 16.7. The van der Waals surface area contributed by atoms with Gasteiger partial charge in [-0.15, -0.1) is 11.3 Å². The van der Waals surface area contributed by atoms with E-state index >= 15 is 0 Å². The van der Waals surface area contributed by atoms with Crippen LogP contribution in [0.25, 0.3) is 74.8 Å². The van der Waals surface area contributed by atoms with E-state index in [1.807, 2.05) is 11.3 Å². The van der Waals surface area contributed by atoms with Crippen molar-refractivity contribution in [1.29, 1.82) is 0 Å². The Morgan fingerprint density at radius 1 is 0.426 bits per heavy atom. The minimum absolute atomic E-state index is 0.890. The summed E-state index contributed by atoms with van der Waals surface area (Å²) >= 11 is 1.86. The van der Waals surface area contributed by atoms with Crippen LogP contribution in [0.3, 0.4) is 0 Å². The maximum absolute atomic E-state index is 6.60. The lowest BCUT2D eigenvalue weighted by Gasteiger charge is -2.26. The van der Waals surface area contributed by atoms with Gasteiger partial charge in [0, 0.05) is 36.9 Å². The fourth-order valence-corrected chi connectivity index (χ4v) is 8.51. The molecule has 10 aromatic rings. The van der Waals surface area contributed by atoms with Crippen LogP contribution in [-0.2, 0) is 0 Å². The molecule has 0 saturated carbocycles. The number of thiophene rings is 1. The predicted octanol–water partition coefficient (Wildman–Crippen LogP) is 13.4. The lowest BCUT2D eigenvalue weighted by Crippen LogP contribution is -2.10. The number of fused-ring (bicyclic) bond motifs is 10. The molecule has 2 heterocycles. The smallest absolute Gasteiger partial charge is 0.137 e. The van der Waals surface area contributed by atoms with E-state index < -0.39 is 0 Å². The van der Waals surface area contributed by atoms with Gasteiger partial charge in [0.2, 0.25) is 0 Å². The average molecular weight is 618 g/mol. The minimum Gasteiger partial charge on any atom is -0.456 e. The van der Waals surface area contributed by atoms with Crippen molar-refractivity contribution in [1.82, 2.24) is 0 Å². The molecule has 2 aromatic heterocycles. The zero-order chi connectivity index (χ0) is 30.9. The molecule has 220 valence electrons. The maximum Gasteiger partial charge on any atom is 0.137 e. The van der Waals surface area contributed by atoms with Crippen LogP contribution in [0.4, 0.5) is 17.1 Å². The van der Waals surface area contributed by atoms with Crippen molar-refractivity contribution in [2.75, 3.05) is 4.90 Å². The van der Waals surface area contributed by atoms with E-state index in [-0.39, 0.29) is 0 Å². The SMILES string of the molecule is c1ccc(N(c2ccc(-c3ccc4ccccc4c3)cc2)c2cccc3oc4ccc5c(sc6ccc7ccccc7c65)c4c23)cc1. The standard InChI is InChI=1S/C44H27NOS/c1-2-12-33(13-3-1)45(34-22-19-29(20-23-34)32-18-17-28-9-4-5-11-31(28)27-32)37-15-8-16-38-42(37)43-39(46-38)25-24-36-41-35-14-7-6-10-30(35)21-26-40(41)47-44(36)43/h1-27H. The van der Waals surface area contributed by atoms with E-state index in [2.05, 4.69) is 169 Å². The molecule has 0 aliphatic rings. The van der Waals surface area contributed by atoms with Crippen LogP contribution in [0.2, 0.25) is 0 Å². The molecule has 0 bridgehead atoms. The van der Waals surface area contributed by atoms with Gasteiger partial charge in [0.15, 0.2) is 0 Å². The lowest BCUT2D eigenvalue weighted by atomic mass is 10.0. The minimum atomic E-state index is 0.890. The van der Waals surface area contributed by atoms with E-state index in [4.69, 9.17) is 4.42 Å². The molecule has 0 fully saturated rings. The average Bonchev–Trinajstić information content (AvgIpc) is 3.71. The molecule has 47 heavy (non-hydrogen) atoms. The lowest BCUT2D eigenvalue weighted by molar-refractivity contribution is 0.669. The summed E-state index contributed by atoms with van der Waals surface area (Å²) in [4.78, 5) is 2.36. The summed E-state index contributed by atoms with van der Waals surface area (Å²) in [6.07, 6.45) is 0. The van der Waals surface area contributed by atoms with Gasteiger partial charge in [0.1, 0.15) is 11.2 Å². The third-order valence-corrected chi connectivity index (χ3v) is 10.6. The molecule has 0 N–H and O–H groups in total. The van der Waals surface area contributed by atoms with Crippen LogP contribution in [0.15, 0.2) is 168 Å². The first-order chi connectivity index (χ1) is 23.3. The summed E-state index contributed by atoms with van der Waals surface area (Å²) in [6, 6.07) is 58.8. The van der Waals surface area contributed by atoms with Gasteiger partial charge in [-0.25, -0.2) is 0 Å². The number of furan rings is 1. The zero-order valence-corrected chi connectivity index (χ0v) is 26.2. The number of anilines is 3. The summed E-state index contributed by atoms with van der Waals surface area (Å²) in [5.74, 6) is 0. The summed E-state index contributed by atoms with van der Waals surface area (Å²) in [6.45, 7) is 0. The molecular weight excluding hydrogens is 591 g/mol. The number of para-hydroxylation sites is 1. The van der Waals surface area contributed by atoms with E-state index in [1.165, 1.54) is 58.2 Å². The predicted molar refractivity (Wildman–Crippen MR) is 202 cm³/mol. The molecule has 0 spiro atoms. The van der Waals surface area contributed by atoms with Gasteiger partial charge >= 0.3 is 0 Å². The van der Waals surface area contributed by atoms with Crippen LogP contribution < -0.4 is 4.90 Å². The first kappa shape index (κ1) is 26.3. The van der Waals surface area contributed by atoms with Gasteiger partial charge in [-0.3, -0.25) is 0 Å². The summed E-state index contributed by atoms with van der Waals surface area (Å²) in [5, 5.41) is 9.96. The third kappa shape index (κ3) is 4.10. The van der Waals surface area contributed by atoms with Crippen molar-refractivity contribution in [2.24, 2.45) is 0 Å². The number of hydrogen-bond donors (Lipinski definition) is 0. The van der Waals surface area contributed by atoms with E-state index in [1.54, 1.807) is 0 Å². The Bertz CT molecular complexity index is 2790. The molecule has 10 rings (SSSR count). The van der Waals surface area contributed by atoms with Crippen LogP contribution >= 0.6 is 11.3 Å². The van der Waals surface area contributed by atoms with Crippen LogP contribution in [0.1, 0.15) is 0 Å². The summed E-state index contributed by atoms with van der Waals surface area (Å²) < 4.78 is 9.16. The second kappa shape index (κ2) is 10.3. The Kier molecular flexibility index (Phi) is 5.78. The van der Waals surface area contributed by atoms with Gasteiger partial charge in [0.25, 0.3) is 0 Å². The maximum atomic E-state index is 6.60. The highest BCUT2D eigenvalue weighted by Gasteiger charge is 2.22. The van der Waals surface area contributed by atoms with Gasteiger partial charge in [-0.05, 0) is 93.3 Å². The molecular formula is C44H27NOS. The number of benzene rings is 8. The topological polar surface area (TPSA) is 16.4 Å². The van der Waals surface area contributed by atoms with Crippen LogP contribution in [0.5, 0.6) is 0 Å². The van der Waals surface area contributed by atoms with Crippen molar-refractivity contribution in [2.45, 2.75) is 0 Å². The van der Waals surface area contributed by atoms with Crippen molar-refractivity contribution in [3.63, 3.8) is 0 Å². The van der Waals surface area contributed by atoms with Crippen molar-refractivity contribution in [3.8, 4) is 11.1 Å². The Labute approximate surface area is 275 Å². The van der Waals surface area contributed by atoms with Gasteiger partial charge < -0.3 is 9.32 Å². The second-order valence-corrected chi connectivity index (χ2v) is 13.2. The van der Waals surface area contributed by atoms with Crippen molar-refractivity contribution >= 4 is 92.1 Å². The van der Waals surface area contributed by atoms with Crippen molar-refractivity contribution < 1.29 is 4.42 Å². The first-order valence-electron chi connectivity index (χ1n) is 15.9. The monoisotopic (exact) mass is 617 g/mol. The fourth-order valence-electron chi connectivity index (χ4n) is 7.25. The van der Waals surface area contributed by atoms with Gasteiger partial charge in [-0.1, -0.05) is 103 Å². The van der Waals surface area contributed by atoms with E-state index in [9.17, 15) is 0 Å². The molecule has 0 aliphatic heterocycles. The van der Waals surface area contributed by atoms with E-state index in [0.29, 0.717) is 0 Å². The highest BCUT2D eigenvalue weighted by atomic mass is 32.1. The summed E-state index contributed by atoms with van der Waals surface area (Å²) in [5.41, 5.74) is 7.50. The molecule has 3 heteroatoms. The molecule has 0 unspecified atom stereocenters. The fraction of sp³-hybridized carbons (Fsp3) is 0. The third-order valence-electron chi connectivity index (χ3n) is 9.43. The highest BCUT2D eigenvalue weighted by molar-refractivity contribution is 7.27. The number of rotatable bonds is 4.